The molecule has 1 heterocycles. The second kappa shape index (κ2) is 5.44. The molecule has 3 rings (SSSR count). The molecule has 0 aliphatic heterocycles. The van der Waals surface area contributed by atoms with Crippen LogP contribution in [0.3, 0.4) is 0 Å². The first-order valence-electron chi connectivity index (χ1n) is 6.58. The summed E-state index contributed by atoms with van der Waals surface area (Å²) in [5.41, 5.74) is 0.744. The van der Waals surface area contributed by atoms with Gasteiger partial charge >= 0.3 is 5.97 Å². The van der Waals surface area contributed by atoms with Crippen molar-refractivity contribution in [1.29, 1.82) is 0 Å². The van der Waals surface area contributed by atoms with Crippen LogP contribution in [0, 0.1) is 5.82 Å². The molecule has 1 aromatic heterocycles. The topological polar surface area (TPSA) is 67.5 Å². The van der Waals surface area contributed by atoms with Crippen LogP contribution in [0.4, 0.5) is 4.39 Å². The van der Waals surface area contributed by atoms with Gasteiger partial charge in [-0.1, -0.05) is 24.3 Å². The Morgan fingerprint density at radius 3 is 2.64 bits per heavy atom. The third kappa shape index (κ3) is 2.61. The van der Waals surface area contributed by atoms with Crippen molar-refractivity contribution in [1.82, 2.24) is 0 Å². The number of fused-ring (bicyclic) bond motifs is 1. The smallest absolute Gasteiger partial charge is 0.307 e. The van der Waals surface area contributed by atoms with Gasteiger partial charge in [-0.15, -0.1) is 0 Å². The highest BCUT2D eigenvalue weighted by Crippen LogP contribution is 2.25. The van der Waals surface area contributed by atoms with E-state index in [9.17, 15) is 14.0 Å². The Labute approximate surface area is 124 Å². The molecule has 5 heteroatoms. The number of benzene rings is 2. The summed E-state index contributed by atoms with van der Waals surface area (Å²) in [4.78, 5) is 23.1. The molecule has 2 aromatic carbocycles. The van der Waals surface area contributed by atoms with Crippen molar-refractivity contribution in [2.24, 2.45) is 0 Å². The SMILES string of the molecule is O=C(O)Cc1cccc2c(=O)cc(-c3cccc(F)c3)oc12. The highest BCUT2D eigenvalue weighted by molar-refractivity contribution is 5.85. The van der Waals surface area contributed by atoms with Gasteiger partial charge in [-0.2, -0.15) is 0 Å². The fourth-order valence-corrected chi connectivity index (χ4v) is 2.32. The molecular formula is C17H11FO4. The van der Waals surface area contributed by atoms with Gasteiger partial charge in [0.1, 0.15) is 17.2 Å². The summed E-state index contributed by atoms with van der Waals surface area (Å²) < 4.78 is 19.0. The standard InChI is InChI=1S/C17H11FO4/c18-12-5-1-3-10(7-12)15-9-14(19)13-6-2-4-11(8-16(20)21)17(13)22-15/h1-7,9H,8H2,(H,20,21). The second-order valence-electron chi connectivity index (χ2n) is 4.85. The number of carbonyl (C=O) groups is 1. The summed E-state index contributed by atoms with van der Waals surface area (Å²) in [5.74, 6) is -1.26. The minimum absolute atomic E-state index is 0.204. The zero-order valence-electron chi connectivity index (χ0n) is 11.4. The van der Waals surface area contributed by atoms with Crippen LogP contribution in [0.25, 0.3) is 22.3 Å². The van der Waals surface area contributed by atoms with Crippen LogP contribution in [0.2, 0.25) is 0 Å². The summed E-state index contributed by atoms with van der Waals surface area (Å²) in [6.07, 6.45) is -0.257. The Balaban J connectivity index is 2.26. The van der Waals surface area contributed by atoms with E-state index in [-0.39, 0.29) is 23.2 Å². The zero-order valence-corrected chi connectivity index (χ0v) is 11.4. The summed E-state index contributed by atoms with van der Waals surface area (Å²) in [6.45, 7) is 0. The molecule has 22 heavy (non-hydrogen) atoms. The van der Waals surface area contributed by atoms with Crippen molar-refractivity contribution in [3.63, 3.8) is 0 Å². The Kier molecular flexibility index (Phi) is 3.47. The van der Waals surface area contributed by atoms with Crippen LogP contribution in [-0.2, 0) is 11.2 Å². The molecule has 0 fully saturated rings. The van der Waals surface area contributed by atoms with Gasteiger partial charge in [0, 0.05) is 17.2 Å². The molecule has 0 spiro atoms. The number of rotatable bonds is 3. The van der Waals surface area contributed by atoms with Crippen LogP contribution < -0.4 is 5.43 Å². The molecule has 0 amide bonds. The fraction of sp³-hybridized carbons (Fsp3) is 0.0588. The minimum Gasteiger partial charge on any atom is -0.481 e. The summed E-state index contributed by atoms with van der Waals surface area (Å²) in [7, 11) is 0. The lowest BCUT2D eigenvalue weighted by Crippen LogP contribution is -2.05. The van der Waals surface area contributed by atoms with E-state index in [1.54, 1.807) is 24.3 Å². The molecule has 0 atom stereocenters. The molecule has 0 unspecified atom stereocenters. The lowest BCUT2D eigenvalue weighted by molar-refractivity contribution is -0.136. The van der Waals surface area contributed by atoms with E-state index in [4.69, 9.17) is 9.52 Å². The van der Waals surface area contributed by atoms with Crippen LogP contribution in [0.15, 0.2) is 57.7 Å². The van der Waals surface area contributed by atoms with Gasteiger partial charge in [0.2, 0.25) is 0 Å². The quantitative estimate of drug-likeness (QED) is 0.806. The number of carboxylic acid groups (broad SMARTS) is 1. The first-order valence-corrected chi connectivity index (χ1v) is 6.58. The lowest BCUT2D eigenvalue weighted by atomic mass is 10.1. The molecule has 110 valence electrons. The van der Waals surface area contributed by atoms with Crippen molar-refractivity contribution >= 4 is 16.9 Å². The molecule has 3 aromatic rings. The number of para-hydroxylation sites is 1. The van der Waals surface area contributed by atoms with E-state index in [2.05, 4.69) is 0 Å². The number of aliphatic carboxylic acids is 1. The monoisotopic (exact) mass is 298 g/mol. The van der Waals surface area contributed by atoms with Gasteiger partial charge in [-0.05, 0) is 18.2 Å². The fourth-order valence-electron chi connectivity index (χ4n) is 2.32. The second-order valence-corrected chi connectivity index (χ2v) is 4.85. The number of hydrogen-bond donors (Lipinski definition) is 1. The maximum Gasteiger partial charge on any atom is 0.307 e. The van der Waals surface area contributed by atoms with Crippen LogP contribution in [0.5, 0.6) is 0 Å². The average Bonchev–Trinajstić information content (AvgIpc) is 2.47. The van der Waals surface area contributed by atoms with Crippen LogP contribution >= 0.6 is 0 Å². The van der Waals surface area contributed by atoms with E-state index in [1.165, 1.54) is 24.3 Å². The van der Waals surface area contributed by atoms with Crippen molar-refractivity contribution in [2.45, 2.75) is 6.42 Å². The number of halogens is 1. The molecule has 0 aliphatic carbocycles. The van der Waals surface area contributed by atoms with E-state index in [1.807, 2.05) is 0 Å². The summed E-state index contributed by atoms with van der Waals surface area (Å²) in [5, 5.41) is 9.25. The summed E-state index contributed by atoms with van der Waals surface area (Å²) >= 11 is 0. The Bertz CT molecular complexity index is 927. The predicted molar refractivity (Wildman–Crippen MR) is 79.2 cm³/mol. The molecule has 0 bridgehead atoms. The van der Waals surface area contributed by atoms with Crippen LogP contribution in [0.1, 0.15) is 5.56 Å². The van der Waals surface area contributed by atoms with Crippen molar-refractivity contribution in [3.05, 3.63) is 70.1 Å². The Morgan fingerprint density at radius 2 is 1.91 bits per heavy atom. The highest BCUT2D eigenvalue weighted by atomic mass is 19.1. The van der Waals surface area contributed by atoms with Gasteiger partial charge in [0.25, 0.3) is 0 Å². The molecule has 4 nitrogen and oxygen atoms in total. The number of hydrogen-bond acceptors (Lipinski definition) is 3. The molecule has 0 saturated carbocycles. The molecule has 0 aliphatic rings. The van der Waals surface area contributed by atoms with Gasteiger partial charge in [0.15, 0.2) is 5.43 Å². The van der Waals surface area contributed by atoms with E-state index < -0.39 is 11.8 Å². The van der Waals surface area contributed by atoms with Gasteiger partial charge in [-0.3, -0.25) is 9.59 Å². The van der Waals surface area contributed by atoms with Gasteiger partial charge in [-0.25, -0.2) is 4.39 Å². The van der Waals surface area contributed by atoms with Gasteiger partial charge < -0.3 is 9.52 Å². The largest absolute Gasteiger partial charge is 0.481 e. The van der Waals surface area contributed by atoms with Crippen molar-refractivity contribution < 1.29 is 18.7 Å². The van der Waals surface area contributed by atoms with Gasteiger partial charge in [0.05, 0.1) is 11.8 Å². The zero-order chi connectivity index (χ0) is 15.7. The summed E-state index contributed by atoms with van der Waals surface area (Å²) in [6, 6.07) is 11.7. The lowest BCUT2D eigenvalue weighted by Gasteiger charge is -2.06. The average molecular weight is 298 g/mol. The molecule has 0 radical (unpaired) electrons. The highest BCUT2D eigenvalue weighted by Gasteiger charge is 2.12. The van der Waals surface area contributed by atoms with E-state index in [0.29, 0.717) is 16.5 Å². The van der Waals surface area contributed by atoms with E-state index in [0.717, 1.165) is 0 Å². The van der Waals surface area contributed by atoms with Crippen LogP contribution in [-0.4, -0.2) is 11.1 Å². The minimum atomic E-state index is -1.02. The Hall–Kier alpha value is -2.95. The third-order valence-electron chi connectivity index (χ3n) is 3.29. The molecule has 1 N–H and O–H groups in total. The first kappa shape index (κ1) is 14.0. The first-order chi connectivity index (χ1) is 10.5. The normalized spacial score (nSPS) is 10.8. The maximum atomic E-state index is 13.3. The molecular weight excluding hydrogens is 287 g/mol. The molecule has 0 saturated heterocycles. The Morgan fingerprint density at radius 1 is 1.14 bits per heavy atom. The van der Waals surface area contributed by atoms with Crippen molar-refractivity contribution in [2.75, 3.05) is 0 Å². The number of carboxylic acids is 1. The maximum absolute atomic E-state index is 13.3. The predicted octanol–water partition coefficient (Wildman–Crippen LogP) is 3.23. The van der Waals surface area contributed by atoms with E-state index >= 15 is 0 Å². The van der Waals surface area contributed by atoms with Crippen molar-refractivity contribution in [3.8, 4) is 11.3 Å². The third-order valence-corrected chi connectivity index (χ3v) is 3.29.